The number of hydrogen-bond donors (Lipinski definition) is 2. The van der Waals surface area contributed by atoms with Crippen LogP contribution >= 0.6 is 11.6 Å². The number of fused-ring (bicyclic) bond motifs is 1. The summed E-state index contributed by atoms with van der Waals surface area (Å²) >= 11 is 5.99. The van der Waals surface area contributed by atoms with E-state index in [0.717, 1.165) is 11.0 Å². The Balaban J connectivity index is 2.64. The molecule has 1 aliphatic rings. The summed E-state index contributed by atoms with van der Waals surface area (Å²) in [6, 6.07) is 3.78. The van der Waals surface area contributed by atoms with Gasteiger partial charge in [-0.25, -0.2) is 5.21 Å². The Bertz CT molecular complexity index is 492. The molecule has 1 aliphatic heterocycles. The molecule has 3 N–H and O–H groups in total. The number of nitriles is 1. The van der Waals surface area contributed by atoms with Gasteiger partial charge in [0.2, 0.25) is 0 Å². The van der Waals surface area contributed by atoms with Gasteiger partial charge >= 0.3 is 0 Å². The highest BCUT2D eigenvalue weighted by Gasteiger charge is 2.34. The fourth-order valence-corrected chi connectivity index (χ4v) is 2.17. The minimum Gasteiger partial charge on any atom is -0.486 e. The van der Waals surface area contributed by atoms with Gasteiger partial charge in [0.05, 0.1) is 0 Å². The van der Waals surface area contributed by atoms with Gasteiger partial charge in [0.25, 0.3) is 0 Å². The molecule has 0 aliphatic carbocycles. The lowest BCUT2D eigenvalue weighted by atomic mass is 10.00. The smallest absolute Gasteiger partial charge is 0.182 e. The number of nitrogens with two attached hydrogens (primary N) is 1. The van der Waals surface area contributed by atoms with Crippen molar-refractivity contribution in [2.45, 2.75) is 25.9 Å². The van der Waals surface area contributed by atoms with Gasteiger partial charge in [0.1, 0.15) is 28.0 Å². The molecule has 1 aromatic rings. The second kappa shape index (κ2) is 3.63. The summed E-state index contributed by atoms with van der Waals surface area (Å²) in [4.78, 5) is 0. The zero-order chi connectivity index (χ0) is 11.9. The van der Waals surface area contributed by atoms with E-state index in [1.54, 1.807) is 6.07 Å². The minimum absolute atomic E-state index is 0.237. The van der Waals surface area contributed by atoms with Gasteiger partial charge in [-0.2, -0.15) is 10.7 Å². The zero-order valence-electron chi connectivity index (χ0n) is 9.04. The lowest BCUT2D eigenvalue weighted by Gasteiger charge is -2.17. The van der Waals surface area contributed by atoms with E-state index in [1.807, 2.05) is 19.9 Å². The molecule has 0 atom stereocenters. The Morgan fingerprint density at radius 2 is 2.31 bits per heavy atom. The largest absolute Gasteiger partial charge is 0.486 e. The maximum absolute atomic E-state index is 9.06. The molecule has 84 valence electrons. The first kappa shape index (κ1) is 11.2. The number of rotatable bonds is 1. The fourth-order valence-electron chi connectivity index (χ4n) is 1.93. The van der Waals surface area contributed by atoms with E-state index in [0.29, 0.717) is 23.4 Å². The van der Waals surface area contributed by atoms with Crippen LogP contribution in [0.15, 0.2) is 6.07 Å². The Morgan fingerprint density at radius 1 is 1.62 bits per heavy atom. The van der Waals surface area contributed by atoms with E-state index in [1.165, 1.54) is 0 Å². The first-order chi connectivity index (χ1) is 7.48. The number of halogens is 1. The average Bonchev–Trinajstić information content (AvgIpc) is 2.51. The Kier molecular flexibility index (Phi) is 2.55. The van der Waals surface area contributed by atoms with Gasteiger partial charge in [-0.3, -0.25) is 0 Å². The summed E-state index contributed by atoms with van der Waals surface area (Å²) < 4.78 is 5.69. The summed E-state index contributed by atoms with van der Waals surface area (Å²) in [6.07, 6.45) is 0.703. The molecule has 0 saturated carbocycles. The van der Waals surface area contributed by atoms with Crippen LogP contribution in [0.5, 0.6) is 5.75 Å². The van der Waals surface area contributed by atoms with Crippen LogP contribution in [0, 0.1) is 11.3 Å². The molecule has 0 radical (unpaired) electrons. The van der Waals surface area contributed by atoms with Crippen molar-refractivity contribution in [2.75, 3.05) is 0 Å². The number of nitrogens with zero attached hydrogens (tertiary/aromatic N) is 1. The van der Waals surface area contributed by atoms with Crippen molar-refractivity contribution in [3.05, 3.63) is 22.2 Å². The van der Waals surface area contributed by atoms with Crippen molar-refractivity contribution in [1.29, 1.82) is 5.26 Å². The Morgan fingerprint density at radius 3 is 2.88 bits per heavy atom. The molecule has 0 fully saturated rings. The quantitative estimate of drug-likeness (QED) is 0.577. The van der Waals surface area contributed by atoms with Crippen LogP contribution in [0.3, 0.4) is 0 Å². The molecular formula is C11H12ClN2O2+. The van der Waals surface area contributed by atoms with Crippen molar-refractivity contribution >= 4 is 17.3 Å². The molecule has 0 spiro atoms. The van der Waals surface area contributed by atoms with Crippen LogP contribution in [0.4, 0.5) is 5.69 Å². The van der Waals surface area contributed by atoms with Crippen LogP contribution in [0.1, 0.15) is 25.0 Å². The highest BCUT2D eigenvalue weighted by atomic mass is 35.5. The van der Waals surface area contributed by atoms with E-state index in [-0.39, 0.29) is 10.6 Å². The van der Waals surface area contributed by atoms with Gasteiger partial charge in [0, 0.05) is 18.1 Å². The third kappa shape index (κ3) is 1.63. The van der Waals surface area contributed by atoms with Crippen LogP contribution in [-0.4, -0.2) is 10.8 Å². The third-order valence-electron chi connectivity index (χ3n) is 2.57. The second-order valence-corrected chi connectivity index (χ2v) is 4.80. The molecule has 16 heavy (non-hydrogen) atoms. The molecule has 1 aromatic carbocycles. The van der Waals surface area contributed by atoms with E-state index >= 15 is 0 Å². The number of benzene rings is 1. The fraction of sp³-hybridized carbons (Fsp3) is 0.364. The summed E-state index contributed by atoms with van der Waals surface area (Å²) in [5.41, 5.74) is 2.25. The molecule has 0 bridgehead atoms. The maximum atomic E-state index is 9.06. The second-order valence-electron chi connectivity index (χ2n) is 4.42. The summed E-state index contributed by atoms with van der Waals surface area (Å²) in [6.45, 7) is 3.90. The minimum atomic E-state index is -0.328. The molecule has 0 unspecified atom stereocenters. The molecule has 2 rings (SSSR count). The van der Waals surface area contributed by atoms with Crippen LogP contribution in [-0.2, 0) is 6.42 Å². The highest BCUT2D eigenvalue weighted by molar-refractivity contribution is 6.34. The standard InChI is InChI=1S/C11H11ClN2O2/c1-11(2)4-6-3-8(14-15)9(12)7(5-13)10(6)16-11/h3,14-15H,4H2,1-2H3/p+1. The Hall–Kier alpha value is -1.28. The summed E-state index contributed by atoms with van der Waals surface area (Å²) in [7, 11) is 0. The van der Waals surface area contributed by atoms with E-state index in [9.17, 15) is 0 Å². The van der Waals surface area contributed by atoms with Crippen LogP contribution in [0.25, 0.3) is 0 Å². The normalized spacial score (nSPS) is 16.4. The predicted octanol–water partition coefficient (Wildman–Crippen LogP) is 1.51. The van der Waals surface area contributed by atoms with Crippen LogP contribution < -0.4 is 10.2 Å². The average molecular weight is 240 g/mol. The first-order valence-corrected chi connectivity index (χ1v) is 5.28. The molecular weight excluding hydrogens is 228 g/mol. The van der Waals surface area contributed by atoms with Crippen molar-refractivity contribution < 1.29 is 15.4 Å². The van der Waals surface area contributed by atoms with E-state index < -0.39 is 0 Å². The number of quaternary nitrogens is 1. The molecule has 0 saturated heterocycles. The first-order valence-electron chi connectivity index (χ1n) is 4.90. The lowest BCUT2D eigenvalue weighted by Crippen LogP contribution is -2.74. The molecule has 4 nitrogen and oxygen atoms in total. The van der Waals surface area contributed by atoms with Crippen molar-refractivity contribution in [2.24, 2.45) is 0 Å². The molecule has 5 heteroatoms. The van der Waals surface area contributed by atoms with Gasteiger partial charge in [0.15, 0.2) is 5.69 Å². The Labute approximate surface area is 98.4 Å². The summed E-state index contributed by atoms with van der Waals surface area (Å²) in [5, 5.41) is 18.3. The molecule has 0 aromatic heterocycles. The van der Waals surface area contributed by atoms with E-state index in [2.05, 4.69) is 0 Å². The van der Waals surface area contributed by atoms with E-state index in [4.69, 9.17) is 26.8 Å². The monoisotopic (exact) mass is 239 g/mol. The van der Waals surface area contributed by atoms with Gasteiger partial charge < -0.3 is 4.74 Å². The topological polar surface area (TPSA) is 69.9 Å². The lowest BCUT2D eigenvalue weighted by molar-refractivity contribution is -0.825. The number of hydrogen-bond acceptors (Lipinski definition) is 3. The maximum Gasteiger partial charge on any atom is 0.182 e. The van der Waals surface area contributed by atoms with Gasteiger partial charge in [-0.05, 0) is 13.8 Å². The van der Waals surface area contributed by atoms with Gasteiger partial charge in [-0.1, -0.05) is 11.6 Å². The highest BCUT2D eigenvalue weighted by Crippen LogP contribution is 2.42. The third-order valence-corrected chi connectivity index (χ3v) is 2.97. The molecule has 1 heterocycles. The van der Waals surface area contributed by atoms with Crippen molar-refractivity contribution in [3.8, 4) is 11.8 Å². The van der Waals surface area contributed by atoms with Crippen molar-refractivity contribution in [3.63, 3.8) is 0 Å². The summed E-state index contributed by atoms with van der Waals surface area (Å²) in [5.74, 6) is 0.545. The number of ether oxygens (including phenoxy) is 1. The van der Waals surface area contributed by atoms with Crippen LogP contribution in [0.2, 0.25) is 5.02 Å². The predicted molar refractivity (Wildman–Crippen MR) is 57.9 cm³/mol. The molecule has 0 amide bonds. The van der Waals surface area contributed by atoms with Crippen molar-refractivity contribution in [1.82, 2.24) is 0 Å². The SMILES string of the molecule is CC1(C)Cc2cc([NH2+]O)c(Cl)c(C#N)c2O1. The zero-order valence-corrected chi connectivity index (χ0v) is 9.80. The van der Waals surface area contributed by atoms with Gasteiger partial charge in [-0.15, -0.1) is 0 Å².